The molecule has 102 valence electrons. The molecular weight excluding hydrogens is 236 g/mol. The van der Waals surface area contributed by atoms with Gasteiger partial charge in [-0.05, 0) is 25.7 Å². The van der Waals surface area contributed by atoms with E-state index in [0.29, 0.717) is 12.8 Å². The van der Waals surface area contributed by atoms with E-state index in [1.54, 1.807) is 6.92 Å². The first kappa shape index (κ1) is 14.5. The van der Waals surface area contributed by atoms with Gasteiger partial charge in [0.25, 0.3) is 5.91 Å². The number of unbranched alkanes of at least 4 members (excludes halogenated alkanes) is 1. The third-order valence-corrected chi connectivity index (χ3v) is 3.48. The topological polar surface area (TPSA) is 86.7 Å². The van der Waals surface area contributed by atoms with Crippen molar-refractivity contribution in [3.05, 3.63) is 0 Å². The number of urea groups is 1. The van der Waals surface area contributed by atoms with Gasteiger partial charge in [-0.2, -0.15) is 0 Å². The van der Waals surface area contributed by atoms with Crippen LogP contribution in [-0.4, -0.2) is 40.0 Å². The van der Waals surface area contributed by atoms with Crippen LogP contribution in [0.3, 0.4) is 0 Å². The molecule has 1 atom stereocenters. The Bertz CT molecular complexity index is 367. The van der Waals surface area contributed by atoms with E-state index in [1.165, 1.54) is 4.90 Å². The van der Waals surface area contributed by atoms with Crippen molar-refractivity contribution in [1.29, 1.82) is 0 Å². The van der Waals surface area contributed by atoms with Crippen molar-refractivity contribution in [3.8, 4) is 0 Å². The maximum absolute atomic E-state index is 12.1. The number of aliphatic carboxylic acids is 1. The second-order valence-corrected chi connectivity index (χ2v) is 5.09. The first-order valence-electron chi connectivity index (χ1n) is 6.15. The number of carboxylic acids is 1. The van der Waals surface area contributed by atoms with Gasteiger partial charge in [0.05, 0.1) is 0 Å². The normalized spacial score (nSPS) is 23.7. The fourth-order valence-electron chi connectivity index (χ4n) is 1.86. The smallest absolute Gasteiger partial charge is 0.325 e. The highest BCUT2D eigenvalue weighted by Gasteiger charge is 2.49. The summed E-state index contributed by atoms with van der Waals surface area (Å²) in [7, 11) is 0. The Kier molecular flexibility index (Phi) is 4.32. The fraction of sp³-hybridized carbons (Fsp3) is 0.750. The van der Waals surface area contributed by atoms with E-state index in [1.807, 2.05) is 13.8 Å². The minimum absolute atomic E-state index is 0.0120. The van der Waals surface area contributed by atoms with Crippen LogP contribution >= 0.6 is 0 Å². The molecule has 0 spiro atoms. The number of amides is 3. The molecule has 0 radical (unpaired) electrons. The summed E-state index contributed by atoms with van der Waals surface area (Å²) in [6.45, 7) is 5.76. The number of imide groups is 1. The minimum Gasteiger partial charge on any atom is -0.481 e. The van der Waals surface area contributed by atoms with Gasteiger partial charge in [-0.15, -0.1) is 0 Å². The van der Waals surface area contributed by atoms with Gasteiger partial charge < -0.3 is 10.4 Å². The van der Waals surface area contributed by atoms with E-state index >= 15 is 0 Å². The summed E-state index contributed by atoms with van der Waals surface area (Å²) in [5.74, 6) is -1.07. The molecule has 0 aromatic rings. The number of rotatable bonds is 6. The minimum atomic E-state index is -0.862. The van der Waals surface area contributed by atoms with Crippen molar-refractivity contribution < 1.29 is 19.5 Å². The highest BCUT2D eigenvalue weighted by molar-refractivity contribution is 6.06. The molecule has 1 fully saturated rings. The Morgan fingerprint density at radius 2 is 2.00 bits per heavy atom. The average Bonchev–Trinajstić information content (AvgIpc) is 2.47. The lowest BCUT2D eigenvalue weighted by atomic mass is 9.88. The van der Waals surface area contributed by atoms with Crippen molar-refractivity contribution in [2.24, 2.45) is 5.92 Å². The molecule has 18 heavy (non-hydrogen) atoms. The number of nitrogens with one attached hydrogen (secondary N) is 1. The standard InChI is InChI=1S/C12H20N2O4/c1-8(2)12(3)10(17)14(11(18)13-12)7-5-4-6-9(15)16/h8H,4-7H2,1-3H3,(H,13,18)(H,15,16). The number of hydrogen-bond acceptors (Lipinski definition) is 3. The fourth-order valence-corrected chi connectivity index (χ4v) is 1.86. The van der Waals surface area contributed by atoms with Crippen molar-refractivity contribution in [3.63, 3.8) is 0 Å². The molecule has 1 aliphatic heterocycles. The Labute approximate surface area is 106 Å². The molecule has 1 rings (SSSR count). The zero-order chi connectivity index (χ0) is 13.9. The van der Waals surface area contributed by atoms with Crippen LogP contribution in [0.4, 0.5) is 4.79 Å². The van der Waals surface area contributed by atoms with Crippen LogP contribution in [0, 0.1) is 5.92 Å². The molecule has 0 bridgehead atoms. The number of carbonyl (C=O) groups is 3. The molecule has 2 N–H and O–H groups in total. The Morgan fingerprint density at radius 1 is 1.39 bits per heavy atom. The molecule has 6 heteroatoms. The van der Waals surface area contributed by atoms with Gasteiger partial charge in [-0.1, -0.05) is 13.8 Å². The van der Waals surface area contributed by atoms with Crippen LogP contribution in [0.5, 0.6) is 0 Å². The summed E-state index contributed by atoms with van der Waals surface area (Å²) in [6, 6.07) is -0.383. The van der Waals surface area contributed by atoms with Crippen LogP contribution in [0.2, 0.25) is 0 Å². The van der Waals surface area contributed by atoms with Gasteiger partial charge in [0, 0.05) is 13.0 Å². The third-order valence-electron chi connectivity index (χ3n) is 3.48. The molecule has 0 saturated carbocycles. The summed E-state index contributed by atoms with van der Waals surface area (Å²) in [5.41, 5.74) is -0.843. The summed E-state index contributed by atoms with van der Waals surface area (Å²) < 4.78 is 0. The van der Waals surface area contributed by atoms with Gasteiger partial charge in [-0.25, -0.2) is 4.79 Å². The third kappa shape index (κ3) is 2.80. The Balaban J connectivity index is 2.55. The van der Waals surface area contributed by atoms with E-state index in [4.69, 9.17) is 5.11 Å². The lowest BCUT2D eigenvalue weighted by Gasteiger charge is -2.25. The van der Waals surface area contributed by atoms with E-state index in [2.05, 4.69) is 5.32 Å². The number of hydrogen-bond donors (Lipinski definition) is 2. The molecule has 0 aliphatic carbocycles. The highest BCUT2D eigenvalue weighted by Crippen LogP contribution is 2.25. The predicted molar refractivity (Wildman–Crippen MR) is 65.0 cm³/mol. The molecule has 1 aliphatic rings. The number of carboxylic acid groups (broad SMARTS) is 1. The maximum atomic E-state index is 12.1. The number of nitrogens with zero attached hydrogens (tertiary/aromatic N) is 1. The number of carbonyl (C=O) groups excluding carboxylic acids is 2. The SMILES string of the molecule is CC(C)C1(C)NC(=O)N(CCCCC(=O)O)C1=O. The lowest BCUT2D eigenvalue weighted by molar-refractivity contribution is -0.137. The molecule has 0 aromatic heterocycles. The molecule has 1 unspecified atom stereocenters. The zero-order valence-corrected chi connectivity index (χ0v) is 11.0. The zero-order valence-electron chi connectivity index (χ0n) is 11.0. The molecular formula is C12H20N2O4. The monoisotopic (exact) mass is 256 g/mol. The average molecular weight is 256 g/mol. The van der Waals surface area contributed by atoms with Crippen LogP contribution in [-0.2, 0) is 9.59 Å². The van der Waals surface area contributed by atoms with Crippen LogP contribution < -0.4 is 5.32 Å². The van der Waals surface area contributed by atoms with E-state index < -0.39 is 11.5 Å². The molecule has 6 nitrogen and oxygen atoms in total. The first-order chi connectivity index (χ1) is 8.29. The van der Waals surface area contributed by atoms with Gasteiger partial charge in [0.1, 0.15) is 5.54 Å². The van der Waals surface area contributed by atoms with Gasteiger partial charge >= 0.3 is 12.0 Å². The first-order valence-corrected chi connectivity index (χ1v) is 6.15. The van der Waals surface area contributed by atoms with Gasteiger partial charge in [-0.3, -0.25) is 14.5 Å². The van der Waals surface area contributed by atoms with Crippen molar-refractivity contribution in [2.75, 3.05) is 6.54 Å². The second-order valence-electron chi connectivity index (χ2n) is 5.09. The highest BCUT2D eigenvalue weighted by atomic mass is 16.4. The van der Waals surface area contributed by atoms with Gasteiger partial charge in [0.15, 0.2) is 0 Å². The second kappa shape index (κ2) is 5.37. The Hall–Kier alpha value is -1.59. The molecule has 1 saturated heterocycles. The lowest BCUT2D eigenvalue weighted by Crippen LogP contribution is -2.48. The molecule has 1 heterocycles. The maximum Gasteiger partial charge on any atom is 0.325 e. The van der Waals surface area contributed by atoms with Crippen LogP contribution in [0.25, 0.3) is 0 Å². The molecule has 3 amide bonds. The van der Waals surface area contributed by atoms with Gasteiger partial charge in [0.2, 0.25) is 0 Å². The quantitative estimate of drug-likeness (QED) is 0.552. The Morgan fingerprint density at radius 3 is 2.44 bits per heavy atom. The van der Waals surface area contributed by atoms with Crippen molar-refractivity contribution in [1.82, 2.24) is 10.2 Å². The van der Waals surface area contributed by atoms with E-state index in [0.717, 1.165) is 0 Å². The summed E-state index contributed by atoms with van der Waals surface area (Å²) in [5, 5.41) is 11.2. The summed E-state index contributed by atoms with van der Waals surface area (Å²) in [6.07, 6.45) is 1.04. The van der Waals surface area contributed by atoms with Crippen molar-refractivity contribution >= 4 is 17.9 Å². The van der Waals surface area contributed by atoms with E-state index in [-0.39, 0.29) is 30.8 Å². The van der Waals surface area contributed by atoms with Crippen molar-refractivity contribution in [2.45, 2.75) is 45.6 Å². The van der Waals surface area contributed by atoms with Crippen LogP contribution in [0.15, 0.2) is 0 Å². The predicted octanol–water partition coefficient (Wildman–Crippen LogP) is 1.21. The summed E-state index contributed by atoms with van der Waals surface area (Å²) in [4.78, 5) is 35.4. The largest absolute Gasteiger partial charge is 0.481 e. The van der Waals surface area contributed by atoms with E-state index in [9.17, 15) is 14.4 Å². The summed E-state index contributed by atoms with van der Waals surface area (Å²) >= 11 is 0. The van der Waals surface area contributed by atoms with Crippen LogP contribution in [0.1, 0.15) is 40.0 Å². The molecule has 0 aromatic carbocycles.